The van der Waals surface area contributed by atoms with Crippen LogP contribution in [-0.4, -0.2) is 31.5 Å². The summed E-state index contributed by atoms with van der Waals surface area (Å²) in [7, 11) is -5.33. The first-order chi connectivity index (χ1) is 2.56. The normalized spacial score (nSPS) is 10.0. The summed E-state index contributed by atoms with van der Waals surface area (Å²) < 4.78 is 39.7. The molecule has 7 heteroatoms. The van der Waals surface area contributed by atoms with Gasteiger partial charge in [0, 0.05) is 0 Å². The molecule has 0 radical (unpaired) electrons. The predicted molar refractivity (Wildman–Crippen MR) is 20.8 cm³/mol. The van der Waals surface area contributed by atoms with E-state index in [-0.39, 0.29) is 23.1 Å². The van der Waals surface area contributed by atoms with Gasteiger partial charge in [-0.15, -0.1) is 0 Å². The highest BCUT2D eigenvalue weighted by Crippen LogP contribution is 1.90. The first-order valence-corrected chi connectivity index (χ1v) is 2.12. The standard InChI is InChI=1S/F2O3S.Mg.2H/c1-5-6(2,3)4;;;. The van der Waals surface area contributed by atoms with Gasteiger partial charge in [0.2, 0.25) is 0 Å². The Morgan fingerprint density at radius 1 is 1.43 bits per heavy atom. The molecule has 0 rings (SSSR count). The molecule has 42 valence electrons. The minimum atomic E-state index is -5.33. The maximum atomic E-state index is 10.5. The molecule has 0 aromatic heterocycles. The Morgan fingerprint density at radius 2 is 1.57 bits per heavy atom. The van der Waals surface area contributed by atoms with Gasteiger partial charge in [-0.25, -0.2) is 0 Å². The number of hydrogen-bond donors (Lipinski definition) is 0. The Balaban J connectivity index is 0. The van der Waals surface area contributed by atoms with Crippen LogP contribution in [0.4, 0.5) is 8.41 Å². The fourth-order valence-electron chi connectivity index (χ4n) is 0. The molecule has 0 aromatic rings. The van der Waals surface area contributed by atoms with Gasteiger partial charge < -0.3 is 0 Å². The fraction of sp³-hybridized carbons (Fsp3) is 0. The van der Waals surface area contributed by atoms with Crippen LogP contribution in [0.1, 0.15) is 0 Å². The summed E-state index contributed by atoms with van der Waals surface area (Å²) in [4.78, 5) is 0. The second kappa shape index (κ2) is 3.53. The van der Waals surface area contributed by atoms with Crippen molar-refractivity contribution < 1.29 is 21.2 Å². The highest BCUT2D eigenvalue weighted by molar-refractivity contribution is 7.81. The summed E-state index contributed by atoms with van der Waals surface area (Å²) >= 11 is 0. The Bertz CT molecular complexity index is 115. The van der Waals surface area contributed by atoms with Crippen molar-refractivity contribution in [1.82, 2.24) is 0 Å². The first-order valence-electron chi connectivity index (χ1n) is 0.809. The number of rotatable bonds is 1. The topological polar surface area (TPSA) is 43.4 Å². The smallest absolute Gasteiger partial charge is 0.162 e. The highest BCUT2D eigenvalue weighted by atomic mass is 32.3. The van der Waals surface area contributed by atoms with Gasteiger partial charge in [0.25, 0.3) is 0 Å². The third kappa shape index (κ3) is 10.8. The third-order valence-electron chi connectivity index (χ3n) is 0.0752. The zero-order valence-corrected chi connectivity index (χ0v) is 3.21. The highest BCUT2D eigenvalue weighted by Gasteiger charge is 2.03. The van der Waals surface area contributed by atoms with E-state index in [4.69, 9.17) is 8.42 Å². The fourth-order valence-corrected chi connectivity index (χ4v) is 0. The largest absolute Gasteiger partial charge is 0.468 e. The van der Waals surface area contributed by atoms with Crippen LogP contribution in [0.25, 0.3) is 0 Å². The van der Waals surface area contributed by atoms with Gasteiger partial charge in [-0.3, -0.25) is 0 Å². The second-order valence-corrected chi connectivity index (χ2v) is 1.37. The zero-order valence-electron chi connectivity index (χ0n) is 2.39. The molecule has 3 nitrogen and oxygen atoms in total. The summed E-state index contributed by atoms with van der Waals surface area (Å²) in [5.74, 6) is 0. The van der Waals surface area contributed by atoms with Crippen LogP contribution in [0.2, 0.25) is 0 Å². The second-order valence-electron chi connectivity index (χ2n) is 0.456. The first kappa shape index (κ1) is 10.5. The molecule has 7 heavy (non-hydrogen) atoms. The molecule has 0 atom stereocenters. The number of halogens is 2. The van der Waals surface area contributed by atoms with E-state index in [2.05, 4.69) is 0 Å². The van der Waals surface area contributed by atoms with Crippen LogP contribution in [0.5, 0.6) is 0 Å². The zero-order chi connectivity index (χ0) is 5.21. The molecule has 0 aliphatic heterocycles. The van der Waals surface area contributed by atoms with Crippen molar-refractivity contribution >= 4 is 33.6 Å². The molecule has 0 amide bonds. The lowest BCUT2D eigenvalue weighted by Crippen LogP contribution is -1.85. The molecule has 0 N–H and O–H groups in total. The van der Waals surface area contributed by atoms with Gasteiger partial charge in [-0.05, 0) is 8.91 Å². The van der Waals surface area contributed by atoms with Gasteiger partial charge in [0.05, 0.1) is 0 Å². The van der Waals surface area contributed by atoms with Gasteiger partial charge in [-0.2, -0.15) is 8.42 Å². The van der Waals surface area contributed by atoms with Crippen LogP contribution in [-0.2, 0) is 14.9 Å². The van der Waals surface area contributed by atoms with E-state index in [0.717, 1.165) is 0 Å². The van der Waals surface area contributed by atoms with Crippen molar-refractivity contribution in [3.63, 3.8) is 0 Å². The molecule has 0 unspecified atom stereocenters. The molecule has 0 heterocycles. The Labute approximate surface area is 55.1 Å². The molecule has 0 aliphatic carbocycles. The lowest BCUT2D eigenvalue weighted by Gasteiger charge is -1.71. The van der Waals surface area contributed by atoms with Crippen molar-refractivity contribution in [2.24, 2.45) is 0 Å². The molecular weight excluding hydrogens is 142 g/mol. The van der Waals surface area contributed by atoms with Gasteiger partial charge >= 0.3 is 33.6 Å². The molecule has 0 aliphatic rings. The van der Waals surface area contributed by atoms with Crippen molar-refractivity contribution in [3.05, 3.63) is 0 Å². The van der Waals surface area contributed by atoms with E-state index in [9.17, 15) is 8.41 Å². The minimum Gasteiger partial charge on any atom is -0.162 e. The number of hydrogen-bond acceptors (Lipinski definition) is 3. The third-order valence-corrected chi connectivity index (χ3v) is 0.226. The van der Waals surface area contributed by atoms with Crippen LogP contribution < -0.4 is 0 Å². The quantitative estimate of drug-likeness (QED) is 0.357. The van der Waals surface area contributed by atoms with E-state index in [1.807, 2.05) is 0 Å². The van der Waals surface area contributed by atoms with Gasteiger partial charge in [0.15, 0.2) is 0 Å². The molecule has 0 saturated heterocycles. The molecule has 0 fully saturated rings. The van der Waals surface area contributed by atoms with Crippen molar-refractivity contribution in [1.29, 1.82) is 0 Å². The SMILES string of the molecule is O=S(=O)(F)OF.[MgH2]. The molecule has 0 aromatic carbocycles. The van der Waals surface area contributed by atoms with Crippen LogP contribution in [0.3, 0.4) is 0 Å². The molecule has 0 bridgehead atoms. The average Bonchev–Trinajstić information content (AvgIpc) is 1.35. The van der Waals surface area contributed by atoms with Gasteiger partial charge in [-0.1, -0.05) is 3.89 Å². The van der Waals surface area contributed by atoms with Gasteiger partial charge in [0.1, 0.15) is 0 Å². The van der Waals surface area contributed by atoms with E-state index in [0.29, 0.717) is 0 Å². The lowest BCUT2D eigenvalue weighted by molar-refractivity contribution is -0.00520. The summed E-state index contributed by atoms with van der Waals surface area (Å²) in [6.07, 6.45) is 0. The van der Waals surface area contributed by atoms with Crippen molar-refractivity contribution in [2.45, 2.75) is 0 Å². The molecular formula is H2F2MgO3S. The van der Waals surface area contributed by atoms with Crippen molar-refractivity contribution in [3.8, 4) is 0 Å². The van der Waals surface area contributed by atoms with Crippen LogP contribution >= 0.6 is 0 Å². The lowest BCUT2D eigenvalue weighted by atomic mass is 15.6. The van der Waals surface area contributed by atoms with Crippen molar-refractivity contribution in [2.75, 3.05) is 0 Å². The van der Waals surface area contributed by atoms with Crippen LogP contribution in [0, 0.1) is 0 Å². The monoisotopic (exact) mass is 144 g/mol. The van der Waals surface area contributed by atoms with E-state index in [1.165, 1.54) is 0 Å². The maximum absolute atomic E-state index is 10.5. The average molecular weight is 144 g/mol. The molecule has 0 saturated carbocycles. The minimum absolute atomic E-state index is 0. The Hall–Kier alpha value is 0.536. The maximum Gasteiger partial charge on any atom is 0.468 e. The summed E-state index contributed by atoms with van der Waals surface area (Å²) in [5, 5.41) is 0. The summed E-state index contributed by atoms with van der Waals surface area (Å²) in [5.41, 5.74) is 0. The van der Waals surface area contributed by atoms with E-state index in [1.54, 1.807) is 4.39 Å². The van der Waals surface area contributed by atoms with Crippen LogP contribution in [0.15, 0.2) is 0 Å². The summed E-state index contributed by atoms with van der Waals surface area (Å²) in [6.45, 7) is 0. The summed E-state index contributed by atoms with van der Waals surface area (Å²) in [6, 6.07) is 0. The van der Waals surface area contributed by atoms with E-state index >= 15 is 0 Å². The Morgan fingerprint density at radius 3 is 1.57 bits per heavy atom. The van der Waals surface area contributed by atoms with E-state index < -0.39 is 10.5 Å². The molecule has 0 spiro atoms. The Kier molecular flexibility index (Phi) is 5.29. The predicted octanol–water partition coefficient (Wildman–Crippen LogP) is -0.814.